The van der Waals surface area contributed by atoms with E-state index in [-0.39, 0.29) is 12.0 Å². The molecule has 1 saturated carbocycles. The molecule has 0 bridgehead atoms. The van der Waals surface area contributed by atoms with Crippen LogP contribution in [0, 0.1) is 5.92 Å². The number of ether oxygens (including phenoxy) is 1. The summed E-state index contributed by atoms with van der Waals surface area (Å²) < 4.78 is 7.09. The second-order valence-electron chi connectivity index (χ2n) is 8.59. The number of aliphatic hydroxyl groups is 1. The molecule has 1 atom stereocenters. The molecule has 5 rings (SSSR count). The van der Waals surface area contributed by atoms with Crippen molar-refractivity contribution in [3.63, 3.8) is 0 Å². The molecule has 1 aromatic carbocycles. The van der Waals surface area contributed by atoms with Gasteiger partial charge in [-0.3, -0.25) is 4.40 Å². The summed E-state index contributed by atoms with van der Waals surface area (Å²) in [6.07, 6.45) is 8.41. The summed E-state index contributed by atoms with van der Waals surface area (Å²) in [5.41, 5.74) is 10.3. The molecule has 0 amide bonds. The molecule has 6 nitrogen and oxygen atoms in total. The van der Waals surface area contributed by atoms with Gasteiger partial charge in [-0.15, -0.1) is 0 Å². The number of hydrogen-bond acceptors (Lipinski definition) is 5. The quantitative estimate of drug-likeness (QED) is 0.675. The lowest BCUT2D eigenvalue weighted by Gasteiger charge is -2.30. The summed E-state index contributed by atoms with van der Waals surface area (Å²) in [5, 5.41) is 9.64. The number of nitrogen functional groups attached to an aromatic ring is 1. The van der Waals surface area contributed by atoms with Crippen molar-refractivity contribution in [3.8, 4) is 11.3 Å². The Balaban J connectivity index is 0.000000313. The van der Waals surface area contributed by atoms with Crippen LogP contribution in [0.3, 0.4) is 0 Å². The standard InChI is InChI=1S/C19H22N4O.C5H10O/c1-2-3-12-4-6-13(7-5-12)16-17-18(20)21-8-9-23(17)19(22-16)14-10-15(24)11-14;1-5-2-3-6-4-5/h4-9,14-15,24H,2-3,10-11H2,1H3,(H2,20,21);5H,2-4H2,1H3. The third-order valence-electron chi connectivity index (χ3n) is 6.01. The summed E-state index contributed by atoms with van der Waals surface area (Å²) >= 11 is 0. The minimum Gasteiger partial charge on any atom is -0.393 e. The number of aliphatic hydroxyl groups excluding tert-OH is 1. The number of rotatable bonds is 4. The molecule has 3 aromatic rings. The highest BCUT2D eigenvalue weighted by atomic mass is 16.5. The Morgan fingerprint density at radius 1 is 1.23 bits per heavy atom. The second-order valence-corrected chi connectivity index (χ2v) is 8.59. The van der Waals surface area contributed by atoms with Gasteiger partial charge in [-0.25, -0.2) is 9.97 Å². The van der Waals surface area contributed by atoms with Crippen molar-refractivity contribution >= 4 is 11.3 Å². The molecule has 0 spiro atoms. The maximum atomic E-state index is 9.64. The molecule has 2 fully saturated rings. The Morgan fingerprint density at radius 3 is 2.57 bits per heavy atom. The average Bonchev–Trinajstić information content (AvgIpc) is 3.35. The number of benzene rings is 1. The van der Waals surface area contributed by atoms with Crippen molar-refractivity contribution in [1.29, 1.82) is 0 Å². The third-order valence-corrected chi connectivity index (χ3v) is 6.01. The van der Waals surface area contributed by atoms with E-state index in [0.717, 1.165) is 67.4 Å². The van der Waals surface area contributed by atoms with Crippen LogP contribution in [-0.4, -0.2) is 38.8 Å². The maximum Gasteiger partial charge on any atom is 0.150 e. The molecule has 1 aliphatic heterocycles. The second kappa shape index (κ2) is 9.14. The van der Waals surface area contributed by atoms with E-state index in [1.165, 1.54) is 12.0 Å². The van der Waals surface area contributed by atoms with Crippen LogP contribution < -0.4 is 5.73 Å². The van der Waals surface area contributed by atoms with E-state index in [4.69, 9.17) is 15.5 Å². The minimum absolute atomic E-state index is 0.210. The van der Waals surface area contributed by atoms with Crippen molar-refractivity contribution in [1.82, 2.24) is 14.4 Å². The van der Waals surface area contributed by atoms with Gasteiger partial charge < -0.3 is 15.6 Å². The zero-order chi connectivity index (χ0) is 21.1. The first-order valence-electron chi connectivity index (χ1n) is 11.0. The summed E-state index contributed by atoms with van der Waals surface area (Å²) in [6, 6.07) is 8.53. The molecule has 2 aromatic heterocycles. The Morgan fingerprint density at radius 2 is 2.00 bits per heavy atom. The number of fused-ring (bicyclic) bond motifs is 1. The molecule has 1 saturated heterocycles. The van der Waals surface area contributed by atoms with Crippen LogP contribution in [0.4, 0.5) is 5.82 Å². The van der Waals surface area contributed by atoms with E-state index in [1.54, 1.807) is 6.20 Å². The van der Waals surface area contributed by atoms with Crippen LogP contribution in [0.1, 0.15) is 56.8 Å². The fourth-order valence-corrected chi connectivity index (χ4v) is 4.15. The van der Waals surface area contributed by atoms with Gasteiger partial charge in [0.05, 0.1) is 6.10 Å². The van der Waals surface area contributed by atoms with Crippen LogP contribution >= 0.6 is 0 Å². The monoisotopic (exact) mass is 408 g/mol. The fourth-order valence-electron chi connectivity index (χ4n) is 4.15. The zero-order valence-electron chi connectivity index (χ0n) is 17.9. The van der Waals surface area contributed by atoms with Crippen LogP contribution in [0.15, 0.2) is 36.7 Å². The van der Waals surface area contributed by atoms with Crippen LogP contribution in [0.5, 0.6) is 0 Å². The summed E-state index contributed by atoms with van der Waals surface area (Å²) in [5.74, 6) is 2.56. The number of anilines is 1. The lowest BCUT2D eigenvalue weighted by atomic mass is 9.82. The number of imidazole rings is 1. The van der Waals surface area contributed by atoms with Gasteiger partial charge in [0.1, 0.15) is 22.9 Å². The van der Waals surface area contributed by atoms with Gasteiger partial charge in [-0.1, -0.05) is 44.5 Å². The fraction of sp³-hybridized carbons (Fsp3) is 0.500. The first-order chi connectivity index (χ1) is 14.6. The van der Waals surface area contributed by atoms with Gasteiger partial charge in [0.25, 0.3) is 0 Å². The predicted molar refractivity (Wildman–Crippen MR) is 119 cm³/mol. The highest BCUT2D eigenvalue weighted by molar-refractivity contribution is 5.85. The Hall–Kier alpha value is -2.44. The van der Waals surface area contributed by atoms with Gasteiger partial charge in [0.2, 0.25) is 0 Å². The molecule has 1 unspecified atom stereocenters. The molecule has 160 valence electrons. The molecule has 6 heteroatoms. The molecule has 1 aliphatic carbocycles. The highest BCUT2D eigenvalue weighted by Crippen LogP contribution is 2.39. The predicted octanol–water partition coefficient (Wildman–Crippen LogP) is 4.21. The molecule has 0 radical (unpaired) electrons. The number of aromatic nitrogens is 3. The van der Waals surface area contributed by atoms with Gasteiger partial charge in [-0.2, -0.15) is 0 Å². The first-order valence-corrected chi connectivity index (χ1v) is 11.0. The van der Waals surface area contributed by atoms with Gasteiger partial charge in [0.15, 0.2) is 0 Å². The van der Waals surface area contributed by atoms with Crippen LogP contribution in [0.25, 0.3) is 16.8 Å². The molecule has 30 heavy (non-hydrogen) atoms. The normalized spacial score (nSPS) is 23.1. The van der Waals surface area contributed by atoms with Crippen LogP contribution in [0.2, 0.25) is 0 Å². The molecule has 2 aliphatic rings. The Bertz CT molecular complexity index is 971. The van der Waals surface area contributed by atoms with E-state index in [9.17, 15) is 5.11 Å². The van der Waals surface area contributed by atoms with Crippen molar-refractivity contribution in [2.45, 2.75) is 58.0 Å². The number of nitrogens with two attached hydrogens (primary N) is 1. The number of nitrogens with zero attached hydrogens (tertiary/aromatic N) is 3. The van der Waals surface area contributed by atoms with Gasteiger partial charge in [-0.05, 0) is 37.2 Å². The molecule has 3 N–H and O–H groups in total. The van der Waals surface area contributed by atoms with E-state index in [1.807, 2.05) is 10.6 Å². The van der Waals surface area contributed by atoms with E-state index in [0.29, 0.717) is 5.82 Å². The average molecular weight is 409 g/mol. The lowest BCUT2D eigenvalue weighted by Crippen LogP contribution is -2.27. The maximum absolute atomic E-state index is 9.64. The van der Waals surface area contributed by atoms with Crippen molar-refractivity contribution in [3.05, 3.63) is 48.0 Å². The molecular weight excluding hydrogens is 376 g/mol. The SMILES string of the molecule is CC1CCOC1.CCCc1ccc(-c2nc(C3CC(O)C3)n3ccnc(N)c23)cc1. The van der Waals surface area contributed by atoms with Gasteiger partial charge >= 0.3 is 0 Å². The van der Waals surface area contributed by atoms with Crippen molar-refractivity contribution in [2.24, 2.45) is 5.92 Å². The largest absolute Gasteiger partial charge is 0.393 e. The van der Waals surface area contributed by atoms with E-state index in [2.05, 4.69) is 43.1 Å². The highest BCUT2D eigenvalue weighted by Gasteiger charge is 2.33. The minimum atomic E-state index is -0.210. The smallest absolute Gasteiger partial charge is 0.150 e. The number of aryl methyl sites for hydroxylation is 1. The summed E-state index contributed by atoms with van der Waals surface area (Å²) in [7, 11) is 0. The van der Waals surface area contributed by atoms with E-state index < -0.39 is 0 Å². The lowest BCUT2D eigenvalue weighted by molar-refractivity contribution is 0.0715. The van der Waals surface area contributed by atoms with Crippen LogP contribution in [-0.2, 0) is 11.2 Å². The summed E-state index contributed by atoms with van der Waals surface area (Å²) in [4.78, 5) is 9.12. The summed E-state index contributed by atoms with van der Waals surface area (Å²) in [6.45, 7) is 6.37. The van der Waals surface area contributed by atoms with E-state index >= 15 is 0 Å². The first kappa shape index (κ1) is 20.8. The van der Waals surface area contributed by atoms with Gasteiger partial charge in [0, 0.05) is 37.1 Å². The molecule has 3 heterocycles. The zero-order valence-corrected chi connectivity index (χ0v) is 17.9. The topological polar surface area (TPSA) is 85.7 Å². The number of hydrogen-bond donors (Lipinski definition) is 2. The Labute approximate surface area is 178 Å². The third kappa shape index (κ3) is 4.35. The van der Waals surface area contributed by atoms with Crippen molar-refractivity contribution < 1.29 is 9.84 Å². The Kier molecular flexibility index (Phi) is 6.35. The molecular formula is C24H32N4O2. The van der Waals surface area contributed by atoms with Crippen molar-refractivity contribution in [2.75, 3.05) is 18.9 Å².